The Morgan fingerprint density at radius 1 is 0.306 bits per heavy atom. The van der Waals surface area contributed by atoms with Gasteiger partial charge in [0, 0.05) is 0 Å². The minimum atomic E-state index is 1.27. The summed E-state index contributed by atoms with van der Waals surface area (Å²) in [5.74, 6) is 0. The van der Waals surface area contributed by atoms with Gasteiger partial charge in [-0.15, -0.1) is 0 Å². The van der Waals surface area contributed by atoms with Crippen LogP contribution in [0.15, 0.2) is 36.4 Å². The Labute approximate surface area is 225 Å². The Morgan fingerprint density at radius 3 is 0.722 bits per heavy atom. The van der Waals surface area contributed by atoms with E-state index in [0.717, 1.165) is 0 Å². The first-order valence-corrected chi connectivity index (χ1v) is 15.7. The van der Waals surface area contributed by atoms with Crippen LogP contribution >= 0.6 is 0 Å². The number of hydrogen-bond donors (Lipinski definition) is 0. The molecule has 0 aliphatic carbocycles. The lowest BCUT2D eigenvalue weighted by atomic mass is 9.97. The van der Waals surface area contributed by atoms with Crippen molar-refractivity contribution in [2.75, 3.05) is 0 Å². The van der Waals surface area contributed by atoms with E-state index in [-0.39, 0.29) is 0 Å². The van der Waals surface area contributed by atoms with E-state index in [1.165, 1.54) is 151 Å². The largest absolute Gasteiger partial charge is 0.0617 e. The Kier molecular flexibility index (Phi) is 16.6. The molecule has 2 aromatic carbocycles. The van der Waals surface area contributed by atoms with Gasteiger partial charge < -0.3 is 0 Å². The monoisotopic (exact) mass is 490 g/mol. The average molecular weight is 491 g/mol. The summed E-state index contributed by atoms with van der Waals surface area (Å²) < 4.78 is 0. The van der Waals surface area contributed by atoms with E-state index in [9.17, 15) is 0 Å². The molecule has 0 aromatic heterocycles. The highest BCUT2D eigenvalue weighted by atomic mass is 14.1. The van der Waals surface area contributed by atoms with Gasteiger partial charge in [-0.05, 0) is 86.8 Å². The Hall–Kier alpha value is -1.56. The Balaban J connectivity index is 1.27. The molecule has 0 aliphatic heterocycles. The average Bonchev–Trinajstić information content (AvgIpc) is 2.85. The fraction of sp³-hybridized carbons (Fsp3) is 0.667. The van der Waals surface area contributed by atoms with Crippen molar-refractivity contribution in [2.24, 2.45) is 0 Å². The molecule has 0 heterocycles. The summed E-state index contributed by atoms with van der Waals surface area (Å²) in [6.07, 6.45) is 28.4. The van der Waals surface area contributed by atoms with Gasteiger partial charge in [-0.2, -0.15) is 0 Å². The molecule has 0 spiro atoms. The van der Waals surface area contributed by atoms with E-state index in [1.807, 2.05) is 0 Å². The quantitative estimate of drug-likeness (QED) is 0.153. The van der Waals surface area contributed by atoms with Crippen LogP contribution in [0.3, 0.4) is 0 Å². The van der Waals surface area contributed by atoms with E-state index in [4.69, 9.17) is 0 Å². The van der Waals surface area contributed by atoms with Gasteiger partial charge in [0.2, 0.25) is 0 Å². The molecular weight excluding hydrogens is 432 g/mol. The summed E-state index contributed by atoms with van der Waals surface area (Å²) in [5.41, 5.74) is 9.10. The first kappa shape index (κ1) is 30.7. The molecule has 2 aromatic rings. The third-order valence-corrected chi connectivity index (χ3v) is 8.39. The minimum Gasteiger partial charge on any atom is -0.0617 e. The molecule has 0 atom stereocenters. The van der Waals surface area contributed by atoms with Gasteiger partial charge in [-0.3, -0.25) is 0 Å². The molecule has 0 fully saturated rings. The molecule has 0 nitrogen and oxygen atoms in total. The molecule has 0 N–H and O–H groups in total. The third kappa shape index (κ3) is 13.1. The van der Waals surface area contributed by atoms with E-state index in [2.05, 4.69) is 64.1 Å². The number of unbranched alkanes of at least 4 members (excludes halogenated alkanes) is 17. The highest BCUT2D eigenvalue weighted by molar-refractivity contribution is 5.34. The maximum Gasteiger partial charge on any atom is -0.0274 e. The Bertz CT molecular complexity index is 705. The van der Waals surface area contributed by atoms with Crippen molar-refractivity contribution in [1.29, 1.82) is 0 Å². The first-order valence-electron chi connectivity index (χ1n) is 15.7. The molecular formula is C36H58. The molecule has 0 amide bonds. The molecule has 0 radical (unpaired) electrons. The van der Waals surface area contributed by atoms with E-state index >= 15 is 0 Å². The summed E-state index contributed by atoms with van der Waals surface area (Å²) >= 11 is 0. The summed E-state index contributed by atoms with van der Waals surface area (Å²) in [6.45, 7) is 9.05. The highest BCUT2D eigenvalue weighted by Gasteiger charge is 2.03. The van der Waals surface area contributed by atoms with Crippen LogP contribution in [0.25, 0.3) is 0 Å². The van der Waals surface area contributed by atoms with E-state index in [0.29, 0.717) is 0 Å². The maximum absolute atomic E-state index is 2.26. The van der Waals surface area contributed by atoms with Gasteiger partial charge in [0.15, 0.2) is 0 Å². The zero-order valence-electron chi connectivity index (χ0n) is 24.6. The molecule has 0 aliphatic rings. The zero-order valence-corrected chi connectivity index (χ0v) is 24.6. The Morgan fingerprint density at radius 2 is 0.500 bits per heavy atom. The van der Waals surface area contributed by atoms with Crippen LogP contribution in [0, 0.1) is 27.7 Å². The molecule has 0 heteroatoms. The fourth-order valence-electron chi connectivity index (χ4n) is 5.92. The second-order valence-electron chi connectivity index (χ2n) is 11.6. The van der Waals surface area contributed by atoms with Gasteiger partial charge in [0.1, 0.15) is 0 Å². The van der Waals surface area contributed by atoms with Crippen LogP contribution in [-0.2, 0) is 12.8 Å². The molecule has 0 bridgehead atoms. The fourth-order valence-corrected chi connectivity index (χ4v) is 5.92. The number of aryl methyl sites for hydroxylation is 4. The van der Waals surface area contributed by atoms with Crippen molar-refractivity contribution in [3.05, 3.63) is 69.8 Å². The topological polar surface area (TPSA) is 0 Å². The first-order chi connectivity index (χ1) is 17.6. The van der Waals surface area contributed by atoms with Gasteiger partial charge in [-0.25, -0.2) is 0 Å². The van der Waals surface area contributed by atoms with Crippen LogP contribution in [-0.4, -0.2) is 0 Å². The maximum atomic E-state index is 2.26. The second-order valence-corrected chi connectivity index (χ2v) is 11.6. The molecule has 202 valence electrons. The van der Waals surface area contributed by atoms with Crippen molar-refractivity contribution in [2.45, 2.75) is 156 Å². The van der Waals surface area contributed by atoms with Crippen LogP contribution < -0.4 is 0 Å². The third-order valence-electron chi connectivity index (χ3n) is 8.39. The summed E-state index contributed by atoms with van der Waals surface area (Å²) in [6, 6.07) is 13.4. The predicted molar refractivity (Wildman–Crippen MR) is 162 cm³/mol. The lowest BCUT2D eigenvalue weighted by Crippen LogP contribution is -1.94. The zero-order chi connectivity index (χ0) is 25.8. The molecule has 0 unspecified atom stereocenters. The number of benzene rings is 2. The number of rotatable bonds is 21. The van der Waals surface area contributed by atoms with E-state index in [1.54, 1.807) is 11.1 Å². The lowest BCUT2D eigenvalue weighted by Gasteiger charge is -2.09. The van der Waals surface area contributed by atoms with Gasteiger partial charge in [-0.1, -0.05) is 139 Å². The predicted octanol–water partition coefficient (Wildman–Crippen LogP) is 11.7. The van der Waals surface area contributed by atoms with E-state index < -0.39 is 0 Å². The molecule has 0 saturated heterocycles. The summed E-state index contributed by atoms with van der Waals surface area (Å²) in [4.78, 5) is 0. The van der Waals surface area contributed by atoms with Crippen LogP contribution in [0.2, 0.25) is 0 Å². The summed E-state index contributed by atoms with van der Waals surface area (Å²) in [7, 11) is 0. The van der Waals surface area contributed by atoms with Crippen LogP contribution in [0.4, 0.5) is 0 Å². The van der Waals surface area contributed by atoms with Gasteiger partial charge in [0.25, 0.3) is 0 Å². The van der Waals surface area contributed by atoms with Crippen molar-refractivity contribution < 1.29 is 0 Å². The highest BCUT2D eigenvalue weighted by Crippen LogP contribution is 2.19. The SMILES string of the molecule is Cc1cccc(C)c1CCCCCCCCCCCCCCCCCCCCc1c(C)cccc1C. The van der Waals surface area contributed by atoms with Crippen molar-refractivity contribution in [3.8, 4) is 0 Å². The van der Waals surface area contributed by atoms with Crippen molar-refractivity contribution in [1.82, 2.24) is 0 Å². The minimum absolute atomic E-state index is 1.27. The molecule has 2 rings (SSSR count). The number of hydrogen-bond acceptors (Lipinski definition) is 0. The second kappa shape index (κ2) is 19.5. The molecule has 0 saturated carbocycles. The summed E-state index contributed by atoms with van der Waals surface area (Å²) in [5, 5.41) is 0. The van der Waals surface area contributed by atoms with Crippen molar-refractivity contribution in [3.63, 3.8) is 0 Å². The van der Waals surface area contributed by atoms with Gasteiger partial charge in [0.05, 0.1) is 0 Å². The standard InChI is InChI=1S/C36H58/c1-31-25-23-26-32(2)35(31)29-21-19-17-15-13-11-9-7-5-6-8-10-12-14-16-18-20-22-30-36-33(3)27-24-28-34(36)4/h23-28H,5-22,29-30H2,1-4H3. The van der Waals surface area contributed by atoms with Gasteiger partial charge >= 0.3 is 0 Å². The van der Waals surface area contributed by atoms with Crippen LogP contribution in [0.5, 0.6) is 0 Å². The normalized spacial score (nSPS) is 11.3. The van der Waals surface area contributed by atoms with Crippen LogP contribution in [0.1, 0.15) is 149 Å². The lowest BCUT2D eigenvalue weighted by molar-refractivity contribution is 0.523. The smallest absolute Gasteiger partial charge is 0.0274 e. The van der Waals surface area contributed by atoms with Crippen molar-refractivity contribution >= 4 is 0 Å². The molecule has 36 heavy (non-hydrogen) atoms.